The molecule has 1 atom stereocenters. The molecular formula is C23H22N4OS. The monoisotopic (exact) mass is 402 g/mol. The maximum absolute atomic E-state index is 12.4. The molecule has 4 rings (SSSR count). The SMILES string of the molecule is CC(=O)C1=C(C)Nc2nc(SCc3ccccc3)nn2C1/C=C/c1ccccc1. The van der Waals surface area contributed by atoms with Gasteiger partial charge < -0.3 is 5.32 Å². The minimum absolute atomic E-state index is 0.0253. The fourth-order valence-corrected chi connectivity index (χ4v) is 4.15. The van der Waals surface area contributed by atoms with Crippen molar-refractivity contribution in [3.63, 3.8) is 0 Å². The van der Waals surface area contributed by atoms with Crippen molar-refractivity contribution in [3.05, 3.63) is 89.1 Å². The van der Waals surface area contributed by atoms with Crippen LogP contribution in [0.1, 0.15) is 31.0 Å². The van der Waals surface area contributed by atoms with E-state index in [1.54, 1.807) is 23.4 Å². The van der Waals surface area contributed by atoms with Gasteiger partial charge in [-0.1, -0.05) is 84.6 Å². The summed E-state index contributed by atoms with van der Waals surface area (Å²) in [5.41, 5.74) is 3.82. The number of Topliss-reactive ketones (excluding diaryl/α,β-unsaturated/α-hetero) is 1. The number of hydrogen-bond acceptors (Lipinski definition) is 5. The number of nitrogens with one attached hydrogen (secondary N) is 1. The number of carbonyl (C=O) groups excluding carboxylic acids is 1. The molecule has 2 heterocycles. The van der Waals surface area contributed by atoms with Crippen molar-refractivity contribution in [2.45, 2.75) is 30.8 Å². The summed E-state index contributed by atoms with van der Waals surface area (Å²) in [6.45, 7) is 3.51. The van der Waals surface area contributed by atoms with Crippen LogP contribution in [0.3, 0.4) is 0 Å². The minimum Gasteiger partial charge on any atom is -0.328 e. The number of anilines is 1. The van der Waals surface area contributed by atoms with Crippen LogP contribution in [0, 0.1) is 0 Å². The van der Waals surface area contributed by atoms with Crippen molar-refractivity contribution in [3.8, 4) is 0 Å². The first-order valence-electron chi connectivity index (χ1n) is 9.47. The zero-order valence-corrected chi connectivity index (χ0v) is 17.2. The molecule has 0 radical (unpaired) electrons. The van der Waals surface area contributed by atoms with Crippen molar-refractivity contribution < 1.29 is 4.79 Å². The predicted octanol–water partition coefficient (Wildman–Crippen LogP) is 5.11. The number of carbonyl (C=O) groups is 1. The van der Waals surface area contributed by atoms with Crippen LogP contribution in [0.25, 0.3) is 6.08 Å². The first-order valence-corrected chi connectivity index (χ1v) is 10.5. The highest BCUT2D eigenvalue weighted by molar-refractivity contribution is 7.98. The normalized spacial score (nSPS) is 16.0. The summed E-state index contributed by atoms with van der Waals surface area (Å²) in [6.07, 6.45) is 4.04. The lowest BCUT2D eigenvalue weighted by molar-refractivity contribution is -0.114. The van der Waals surface area contributed by atoms with E-state index in [4.69, 9.17) is 5.10 Å². The number of fused-ring (bicyclic) bond motifs is 1. The molecule has 1 aromatic heterocycles. The Morgan fingerprint density at radius 3 is 2.52 bits per heavy atom. The molecule has 0 saturated heterocycles. The highest BCUT2D eigenvalue weighted by Crippen LogP contribution is 2.33. The molecule has 0 fully saturated rings. The number of benzene rings is 2. The second kappa shape index (κ2) is 8.49. The average Bonchev–Trinajstić information content (AvgIpc) is 3.14. The number of hydrogen-bond donors (Lipinski definition) is 1. The maximum atomic E-state index is 12.4. The van der Waals surface area contributed by atoms with Crippen molar-refractivity contribution in [2.75, 3.05) is 5.32 Å². The van der Waals surface area contributed by atoms with Gasteiger partial charge in [-0.3, -0.25) is 4.79 Å². The molecule has 6 heteroatoms. The summed E-state index contributed by atoms with van der Waals surface area (Å²) >= 11 is 1.58. The molecule has 3 aromatic rings. The Morgan fingerprint density at radius 2 is 1.83 bits per heavy atom. The Bertz CT molecular complexity index is 1070. The zero-order valence-electron chi connectivity index (χ0n) is 16.4. The second-order valence-electron chi connectivity index (χ2n) is 6.87. The van der Waals surface area contributed by atoms with E-state index in [-0.39, 0.29) is 11.8 Å². The molecule has 2 aromatic carbocycles. The third-order valence-corrected chi connectivity index (χ3v) is 5.64. The summed E-state index contributed by atoms with van der Waals surface area (Å²) in [5.74, 6) is 1.48. The van der Waals surface area contributed by atoms with Gasteiger partial charge in [-0.25, -0.2) is 4.68 Å². The summed E-state index contributed by atoms with van der Waals surface area (Å²) in [4.78, 5) is 17.0. The fourth-order valence-electron chi connectivity index (χ4n) is 3.36. The predicted molar refractivity (Wildman–Crippen MR) is 118 cm³/mol. The van der Waals surface area contributed by atoms with Crippen LogP contribution in [0.15, 0.2) is 83.2 Å². The van der Waals surface area contributed by atoms with Gasteiger partial charge in [-0.05, 0) is 25.0 Å². The highest BCUT2D eigenvalue weighted by atomic mass is 32.2. The molecule has 0 saturated carbocycles. The Hall–Kier alpha value is -3.12. The molecule has 146 valence electrons. The number of rotatable bonds is 6. The smallest absolute Gasteiger partial charge is 0.227 e. The number of allylic oxidation sites excluding steroid dienone is 3. The average molecular weight is 403 g/mol. The summed E-state index contributed by atoms with van der Waals surface area (Å²) in [7, 11) is 0. The van der Waals surface area contributed by atoms with Gasteiger partial charge in [0.2, 0.25) is 11.1 Å². The Labute approximate surface area is 174 Å². The largest absolute Gasteiger partial charge is 0.328 e. The molecule has 1 aliphatic rings. The topological polar surface area (TPSA) is 59.8 Å². The fraction of sp³-hybridized carbons (Fsp3) is 0.174. The summed E-state index contributed by atoms with van der Waals surface area (Å²) in [5, 5.41) is 8.62. The summed E-state index contributed by atoms with van der Waals surface area (Å²) < 4.78 is 1.80. The lowest BCUT2D eigenvalue weighted by Gasteiger charge is -2.25. The van der Waals surface area contributed by atoms with Gasteiger partial charge in [0.25, 0.3) is 0 Å². The van der Waals surface area contributed by atoms with Crippen molar-refractivity contribution in [1.29, 1.82) is 0 Å². The van der Waals surface area contributed by atoms with Crippen LogP contribution in [0.4, 0.5) is 5.95 Å². The van der Waals surface area contributed by atoms with Gasteiger partial charge in [0.1, 0.15) is 6.04 Å². The standard InChI is InChI=1S/C23H22N4OS/c1-16-21(17(2)28)20(14-13-18-9-5-3-6-10-18)27-22(24-16)25-23(26-27)29-15-19-11-7-4-8-12-19/h3-14,20H,15H2,1-2H3,(H,24,25,26)/b14-13+. The number of aromatic nitrogens is 3. The van der Waals surface area contributed by atoms with E-state index in [1.165, 1.54) is 5.56 Å². The van der Waals surface area contributed by atoms with Gasteiger partial charge >= 0.3 is 0 Å². The third-order valence-electron chi connectivity index (χ3n) is 4.73. The molecule has 0 amide bonds. The van der Waals surface area contributed by atoms with Crippen molar-refractivity contribution >= 4 is 29.6 Å². The highest BCUT2D eigenvalue weighted by Gasteiger charge is 2.29. The molecule has 1 aliphatic heterocycles. The number of nitrogens with zero attached hydrogens (tertiary/aromatic N) is 3. The van der Waals surface area contributed by atoms with E-state index in [9.17, 15) is 4.79 Å². The Kier molecular flexibility index (Phi) is 5.62. The lowest BCUT2D eigenvalue weighted by atomic mass is 9.98. The number of ketones is 1. The molecule has 0 spiro atoms. The number of thioether (sulfide) groups is 1. The van der Waals surface area contributed by atoms with E-state index in [0.29, 0.717) is 16.7 Å². The van der Waals surface area contributed by atoms with Gasteiger partial charge in [0.15, 0.2) is 5.78 Å². The molecule has 1 unspecified atom stereocenters. The molecule has 29 heavy (non-hydrogen) atoms. The Balaban J connectivity index is 1.63. The quantitative estimate of drug-likeness (QED) is 0.580. The van der Waals surface area contributed by atoms with E-state index in [0.717, 1.165) is 17.0 Å². The molecular weight excluding hydrogens is 380 g/mol. The first kappa shape index (κ1) is 19.2. The van der Waals surface area contributed by atoms with Gasteiger partial charge in [0, 0.05) is 17.0 Å². The van der Waals surface area contributed by atoms with E-state index < -0.39 is 0 Å². The molecule has 1 N–H and O–H groups in total. The van der Waals surface area contributed by atoms with Crippen molar-refractivity contribution in [2.24, 2.45) is 0 Å². The van der Waals surface area contributed by atoms with Crippen molar-refractivity contribution in [1.82, 2.24) is 14.8 Å². The minimum atomic E-state index is -0.289. The van der Waals surface area contributed by atoms with Crippen LogP contribution >= 0.6 is 11.8 Å². The Morgan fingerprint density at radius 1 is 1.14 bits per heavy atom. The van der Waals surface area contributed by atoms with E-state index in [2.05, 4.69) is 22.4 Å². The lowest BCUT2D eigenvalue weighted by Crippen LogP contribution is -2.25. The van der Waals surface area contributed by atoms with Crippen LogP contribution in [0.2, 0.25) is 0 Å². The zero-order chi connectivity index (χ0) is 20.2. The van der Waals surface area contributed by atoms with Crippen LogP contribution in [-0.4, -0.2) is 20.5 Å². The molecule has 0 aliphatic carbocycles. The van der Waals surface area contributed by atoms with Crippen LogP contribution in [-0.2, 0) is 10.5 Å². The van der Waals surface area contributed by atoms with Crippen LogP contribution in [0.5, 0.6) is 0 Å². The summed E-state index contributed by atoms with van der Waals surface area (Å²) in [6, 6.07) is 20.0. The van der Waals surface area contributed by atoms with Crippen LogP contribution < -0.4 is 5.32 Å². The van der Waals surface area contributed by atoms with Gasteiger partial charge in [-0.15, -0.1) is 5.10 Å². The third kappa shape index (κ3) is 4.32. The molecule has 0 bridgehead atoms. The first-order chi connectivity index (χ1) is 14.1. The second-order valence-corrected chi connectivity index (χ2v) is 7.81. The van der Waals surface area contributed by atoms with Gasteiger partial charge in [0.05, 0.1) is 0 Å². The molecule has 5 nitrogen and oxygen atoms in total. The maximum Gasteiger partial charge on any atom is 0.227 e. The van der Waals surface area contributed by atoms with E-state index in [1.807, 2.05) is 67.6 Å². The van der Waals surface area contributed by atoms with Gasteiger partial charge in [-0.2, -0.15) is 4.98 Å². The van der Waals surface area contributed by atoms with E-state index >= 15 is 0 Å².